The molecule has 1 amide bonds. The van der Waals surface area contributed by atoms with E-state index in [0.29, 0.717) is 6.04 Å². The van der Waals surface area contributed by atoms with Gasteiger partial charge in [0.15, 0.2) is 0 Å². The van der Waals surface area contributed by atoms with Crippen molar-refractivity contribution in [1.29, 1.82) is 0 Å². The molecule has 0 spiro atoms. The smallest absolute Gasteiger partial charge is 0.256 e. The SMILES string of the molecule is O=C1c2cccc3c2N(CC3)CCN1CCN(Cc1ccncc1)C1CC1. The molecule has 0 radical (unpaired) electrons. The molecule has 3 heterocycles. The third-order valence-electron chi connectivity index (χ3n) is 6.10. The van der Waals surface area contributed by atoms with Crippen molar-refractivity contribution in [3.8, 4) is 0 Å². The number of carbonyl (C=O) groups excluding carboxylic acids is 1. The lowest BCUT2D eigenvalue weighted by Gasteiger charge is -2.27. The van der Waals surface area contributed by atoms with Crippen LogP contribution in [-0.4, -0.2) is 59.5 Å². The van der Waals surface area contributed by atoms with E-state index in [1.165, 1.54) is 29.7 Å². The highest BCUT2D eigenvalue weighted by atomic mass is 16.2. The third kappa shape index (κ3) is 3.32. The highest BCUT2D eigenvalue weighted by molar-refractivity contribution is 6.01. The summed E-state index contributed by atoms with van der Waals surface area (Å²) in [5, 5.41) is 0. The largest absolute Gasteiger partial charge is 0.369 e. The van der Waals surface area contributed by atoms with Gasteiger partial charge in [-0.25, -0.2) is 0 Å². The minimum absolute atomic E-state index is 0.205. The van der Waals surface area contributed by atoms with Crippen molar-refractivity contribution in [2.24, 2.45) is 0 Å². The lowest BCUT2D eigenvalue weighted by Crippen LogP contribution is -2.41. The first kappa shape index (κ1) is 16.8. The maximum Gasteiger partial charge on any atom is 0.256 e. The molecule has 1 saturated carbocycles. The van der Waals surface area contributed by atoms with Crippen LogP contribution in [0.15, 0.2) is 42.7 Å². The fourth-order valence-electron chi connectivity index (χ4n) is 4.46. The van der Waals surface area contributed by atoms with Gasteiger partial charge in [0.25, 0.3) is 5.91 Å². The molecular formula is C22H26N4O. The Morgan fingerprint density at radius 3 is 2.74 bits per heavy atom. The molecule has 1 aromatic carbocycles. The second-order valence-corrected chi connectivity index (χ2v) is 7.90. The van der Waals surface area contributed by atoms with Gasteiger partial charge in [-0.2, -0.15) is 0 Å². The van der Waals surface area contributed by atoms with Gasteiger partial charge < -0.3 is 9.80 Å². The first-order chi connectivity index (χ1) is 13.3. The van der Waals surface area contributed by atoms with Gasteiger partial charge in [0.1, 0.15) is 0 Å². The van der Waals surface area contributed by atoms with E-state index in [9.17, 15) is 4.79 Å². The number of carbonyl (C=O) groups is 1. The standard InChI is InChI=1S/C22H26N4O/c27-22-20-3-1-2-18-8-11-24(21(18)20)12-13-25(22)14-15-26(19-4-5-19)16-17-6-9-23-10-7-17/h1-3,6-7,9-10,19H,4-5,8,11-16H2. The molecule has 1 fully saturated rings. The molecule has 5 nitrogen and oxygen atoms in total. The van der Waals surface area contributed by atoms with Crippen LogP contribution in [-0.2, 0) is 13.0 Å². The van der Waals surface area contributed by atoms with Crippen molar-refractivity contribution >= 4 is 11.6 Å². The van der Waals surface area contributed by atoms with E-state index in [2.05, 4.69) is 37.9 Å². The van der Waals surface area contributed by atoms with Gasteiger partial charge >= 0.3 is 0 Å². The molecule has 1 aliphatic carbocycles. The summed E-state index contributed by atoms with van der Waals surface area (Å²) in [5.41, 5.74) is 4.73. The summed E-state index contributed by atoms with van der Waals surface area (Å²) in [4.78, 5) is 24.3. The highest BCUT2D eigenvalue weighted by Gasteiger charge is 2.33. The zero-order valence-electron chi connectivity index (χ0n) is 15.7. The maximum atomic E-state index is 13.2. The molecule has 0 atom stereocenters. The van der Waals surface area contributed by atoms with Crippen molar-refractivity contribution in [2.75, 3.05) is 37.6 Å². The van der Waals surface area contributed by atoms with E-state index >= 15 is 0 Å². The topological polar surface area (TPSA) is 39.7 Å². The Morgan fingerprint density at radius 2 is 1.93 bits per heavy atom. The summed E-state index contributed by atoms with van der Waals surface area (Å²) >= 11 is 0. The number of para-hydroxylation sites is 1. The monoisotopic (exact) mass is 362 g/mol. The second-order valence-electron chi connectivity index (χ2n) is 7.90. The van der Waals surface area contributed by atoms with Crippen molar-refractivity contribution in [2.45, 2.75) is 31.8 Å². The number of benzene rings is 1. The van der Waals surface area contributed by atoms with E-state index in [4.69, 9.17) is 0 Å². The lowest BCUT2D eigenvalue weighted by atomic mass is 10.1. The molecule has 1 aromatic heterocycles. The molecule has 140 valence electrons. The van der Waals surface area contributed by atoms with E-state index in [0.717, 1.165) is 51.3 Å². The molecule has 0 unspecified atom stereocenters. The summed E-state index contributed by atoms with van der Waals surface area (Å²) in [6.45, 7) is 5.50. The number of rotatable bonds is 6. The molecule has 27 heavy (non-hydrogen) atoms. The van der Waals surface area contributed by atoms with E-state index in [1.54, 1.807) is 0 Å². The number of amides is 1. The summed E-state index contributed by atoms with van der Waals surface area (Å²) in [6, 6.07) is 11.1. The number of nitrogens with zero attached hydrogens (tertiary/aromatic N) is 4. The molecule has 2 aromatic rings. The van der Waals surface area contributed by atoms with Crippen LogP contribution >= 0.6 is 0 Å². The average molecular weight is 362 g/mol. The molecule has 2 aliphatic heterocycles. The Hall–Kier alpha value is -2.40. The Morgan fingerprint density at radius 1 is 1.07 bits per heavy atom. The van der Waals surface area contributed by atoms with Crippen LogP contribution < -0.4 is 4.90 Å². The predicted octanol–water partition coefficient (Wildman–Crippen LogP) is 2.56. The minimum atomic E-state index is 0.205. The third-order valence-corrected chi connectivity index (χ3v) is 6.10. The van der Waals surface area contributed by atoms with Crippen LogP contribution in [0, 0.1) is 0 Å². The van der Waals surface area contributed by atoms with Crippen LogP contribution in [0.1, 0.15) is 34.3 Å². The Kier molecular flexibility index (Phi) is 4.32. The van der Waals surface area contributed by atoms with Crippen molar-refractivity contribution in [3.63, 3.8) is 0 Å². The van der Waals surface area contributed by atoms with Gasteiger partial charge in [0.05, 0.1) is 11.3 Å². The van der Waals surface area contributed by atoms with Crippen LogP contribution in [0.5, 0.6) is 0 Å². The Labute approximate surface area is 160 Å². The minimum Gasteiger partial charge on any atom is -0.369 e. The van der Waals surface area contributed by atoms with Crippen molar-refractivity contribution in [1.82, 2.24) is 14.8 Å². The molecule has 0 saturated heterocycles. The lowest BCUT2D eigenvalue weighted by molar-refractivity contribution is 0.0741. The van der Waals surface area contributed by atoms with Crippen LogP contribution in [0.3, 0.4) is 0 Å². The first-order valence-corrected chi connectivity index (χ1v) is 10.1. The molecular weight excluding hydrogens is 336 g/mol. The number of hydrogen-bond donors (Lipinski definition) is 0. The van der Waals surface area contributed by atoms with Gasteiger partial charge in [-0.3, -0.25) is 14.7 Å². The Balaban J connectivity index is 1.30. The zero-order valence-corrected chi connectivity index (χ0v) is 15.7. The van der Waals surface area contributed by atoms with Gasteiger partial charge in [-0.15, -0.1) is 0 Å². The molecule has 0 bridgehead atoms. The second kappa shape index (κ2) is 6.97. The number of hydrogen-bond acceptors (Lipinski definition) is 4. The molecule has 3 aliphatic rings. The van der Waals surface area contributed by atoms with E-state index in [1.807, 2.05) is 24.5 Å². The zero-order chi connectivity index (χ0) is 18.2. The van der Waals surface area contributed by atoms with Crippen LogP contribution in [0.25, 0.3) is 0 Å². The fraction of sp³-hybridized carbons (Fsp3) is 0.455. The van der Waals surface area contributed by atoms with Gasteiger partial charge in [0.2, 0.25) is 0 Å². The first-order valence-electron chi connectivity index (χ1n) is 10.1. The summed E-state index contributed by atoms with van der Waals surface area (Å²) in [5.74, 6) is 0.205. The normalized spacial score (nSPS) is 18.8. The van der Waals surface area contributed by atoms with E-state index in [-0.39, 0.29) is 5.91 Å². The van der Waals surface area contributed by atoms with Crippen molar-refractivity contribution in [3.05, 3.63) is 59.4 Å². The maximum absolute atomic E-state index is 13.2. The highest BCUT2D eigenvalue weighted by Crippen LogP contribution is 2.34. The van der Waals surface area contributed by atoms with Crippen LogP contribution in [0.4, 0.5) is 5.69 Å². The van der Waals surface area contributed by atoms with Gasteiger partial charge in [-0.05, 0) is 48.6 Å². The number of anilines is 1. The van der Waals surface area contributed by atoms with Gasteiger partial charge in [0, 0.05) is 57.7 Å². The molecule has 0 N–H and O–H groups in total. The van der Waals surface area contributed by atoms with Gasteiger partial charge in [-0.1, -0.05) is 12.1 Å². The Bertz CT molecular complexity index is 833. The average Bonchev–Trinajstić information content (AvgIpc) is 3.48. The molecule has 5 rings (SSSR count). The molecule has 5 heteroatoms. The predicted molar refractivity (Wildman–Crippen MR) is 106 cm³/mol. The number of aromatic nitrogens is 1. The number of pyridine rings is 1. The summed E-state index contributed by atoms with van der Waals surface area (Å²) < 4.78 is 0. The fourth-order valence-corrected chi connectivity index (χ4v) is 4.46. The summed E-state index contributed by atoms with van der Waals surface area (Å²) in [6.07, 6.45) is 7.34. The quantitative estimate of drug-likeness (QED) is 0.792. The van der Waals surface area contributed by atoms with E-state index < -0.39 is 0 Å². The summed E-state index contributed by atoms with van der Waals surface area (Å²) in [7, 11) is 0. The van der Waals surface area contributed by atoms with Crippen LogP contribution in [0.2, 0.25) is 0 Å². The van der Waals surface area contributed by atoms with Crippen molar-refractivity contribution < 1.29 is 4.79 Å².